The second kappa shape index (κ2) is 8.93. The SMILES string of the molecule is CCC(Sc1nccn1C)C(=O)Nc1ccc(S(=O)(=O)Nc2nnc(C)s2)cc1. The van der Waals surface area contributed by atoms with E-state index in [0.717, 1.165) is 16.5 Å². The molecule has 0 aliphatic heterocycles. The molecule has 0 fully saturated rings. The van der Waals surface area contributed by atoms with Crippen LogP contribution in [0.3, 0.4) is 0 Å². The van der Waals surface area contributed by atoms with Crippen LogP contribution in [0.25, 0.3) is 0 Å². The monoisotopic (exact) mass is 452 g/mol. The summed E-state index contributed by atoms with van der Waals surface area (Å²) in [5, 5.41) is 11.7. The standard InChI is InChI=1S/C17H20N6O3S3/c1-4-14(28-17-18-9-10-23(17)3)15(24)19-12-5-7-13(8-6-12)29(25,26)22-16-21-20-11(2)27-16/h5-10,14H,4H2,1-3H3,(H,19,24)(H,21,22). The van der Waals surface area contributed by atoms with Gasteiger partial charge in [0.05, 0.1) is 10.1 Å². The Balaban J connectivity index is 1.66. The predicted molar refractivity (Wildman–Crippen MR) is 114 cm³/mol. The van der Waals surface area contributed by atoms with Crippen LogP contribution in [-0.4, -0.2) is 39.3 Å². The van der Waals surface area contributed by atoms with E-state index in [2.05, 4.69) is 25.2 Å². The number of carbonyl (C=O) groups is 1. The Labute approximate surface area is 177 Å². The molecule has 3 aromatic rings. The second-order valence-electron chi connectivity index (χ2n) is 6.08. The van der Waals surface area contributed by atoms with E-state index in [1.54, 1.807) is 25.3 Å². The molecule has 1 atom stereocenters. The van der Waals surface area contributed by atoms with Gasteiger partial charge in [0.1, 0.15) is 5.01 Å². The maximum Gasteiger partial charge on any atom is 0.263 e. The zero-order valence-corrected chi connectivity index (χ0v) is 18.4. The Morgan fingerprint density at radius 3 is 2.55 bits per heavy atom. The topological polar surface area (TPSA) is 119 Å². The molecule has 0 aliphatic rings. The van der Waals surface area contributed by atoms with Crippen LogP contribution in [0.1, 0.15) is 18.4 Å². The molecule has 12 heteroatoms. The molecule has 3 rings (SSSR count). The molecule has 2 heterocycles. The van der Waals surface area contributed by atoms with Crippen LogP contribution < -0.4 is 10.0 Å². The summed E-state index contributed by atoms with van der Waals surface area (Å²) in [4.78, 5) is 16.9. The number of aryl methyl sites for hydroxylation is 2. The molecule has 154 valence electrons. The summed E-state index contributed by atoms with van der Waals surface area (Å²) in [5.41, 5.74) is 0.514. The van der Waals surface area contributed by atoms with E-state index in [-0.39, 0.29) is 21.2 Å². The van der Waals surface area contributed by atoms with Gasteiger partial charge < -0.3 is 9.88 Å². The Morgan fingerprint density at radius 2 is 2.00 bits per heavy atom. The lowest BCUT2D eigenvalue weighted by atomic mass is 10.3. The first kappa shape index (κ1) is 21.3. The molecule has 0 aliphatic carbocycles. The molecule has 0 saturated carbocycles. The number of benzene rings is 1. The fourth-order valence-corrected chi connectivity index (χ4v) is 5.12. The molecule has 2 N–H and O–H groups in total. The highest BCUT2D eigenvalue weighted by atomic mass is 32.2. The van der Waals surface area contributed by atoms with Crippen LogP contribution in [0, 0.1) is 6.92 Å². The quantitative estimate of drug-likeness (QED) is 0.504. The van der Waals surface area contributed by atoms with Crippen molar-refractivity contribution in [3.05, 3.63) is 41.7 Å². The van der Waals surface area contributed by atoms with Crippen molar-refractivity contribution in [2.45, 2.75) is 35.6 Å². The van der Waals surface area contributed by atoms with E-state index in [1.165, 1.54) is 23.9 Å². The fraction of sp³-hybridized carbons (Fsp3) is 0.294. The minimum Gasteiger partial charge on any atom is -0.329 e. The minimum absolute atomic E-state index is 0.0674. The number of hydrogen-bond donors (Lipinski definition) is 2. The van der Waals surface area contributed by atoms with Gasteiger partial charge in [-0.05, 0) is 37.6 Å². The van der Waals surface area contributed by atoms with Gasteiger partial charge in [-0.15, -0.1) is 10.2 Å². The number of rotatable bonds is 8. The first-order valence-electron chi connectivity index (χ1n) is 8.66. The highest BCUT2D eigenvalue weighted by Crippen LogP contribution is 2.25. The van der Waals surface area contributed by atoms with Crippen molar-refractivity contribution in [2.24, 2.45) is 7.05 Å². The molecule has 0 bridgehead atoms. The van der Waals surface area contributed by atoms with Crippen molar-refractivity contribution in [1.29, 1.82) is 0 Å². The zero-order chi connectivity index (χ0) is 21.0. The number of amides is 1. The van der Waals surface area contributed by atoms with Crippen LogP contribution in [0.4, 0.5) is 10.8 Å². The van der Waals surface area contributed by atoms with Crippen molar-refractivity contribution in [3.63, 3.8) is 0 Å². The van der Waals surface area contributed by atoms with E-state index >= 15 is 0 Å². The Hall–Kier alpha value is -2.44. The van der Waals surface area contributed by atoms with Crippen LogP contribution in [0.2, 0.25) is 0 Å². The Bertz CT molecular complexity index is 1090. The van der Waals surface area contributed by atoms with Gasteiger partial charge in [-0.1, -0.05) is 30.0 Å². The third kappa shape index (κ3) is 5.34. The highest BCUT2D eigenvalue weighted by Gasteiger charge is 2.21. The van der Waals surface area contributed by atoms with Gasteiger partial charge in [-0.25, -0.2) is 13.4 Å². The molecule has 2 aromatic heterocycles. The van der Waals surface area contributed by atoms with Crippen molar-refractivity contribution >= 4 is 49.8 Å². The first-order valence-corrected chi connectivity index (χ1v) is 11.8. The molecule has 0 spiro atoms. The summed E-state index contributed by atoms with van der Waals surface area (Å²) < 4.78 is 29.1. The lowest BCUT2D eigenvalue weighted by Crippen LogP contribution is -2.25. The van der Waals surface area contributed by atoms with Gasteiger partial charge >= 0.3 is 0 Å². The third-order valence-corrected chi connectivity index (χ3v) is 7.54. The van der Waals surface area contributed by atoms with Gasteiger partial charge in [0.2, 0.25) is 11.0 Å². The second-order valence-corrected chi connectivity index (χ2v) is 10.1. The molecule has 1 aromatic carbocycles. The normalized spacial score (nSPS) is 12.5. The van der Waals surface area contributed by atoms with Gasteiger partial charge in [-0.2, -0.15) is 0 Å². The number of anilines is 2. The molecule has 9 nitrogen and oxygen atoms in total. The van der Waals surface area contributed by atoms with Crippen LogP contribution in [0.5, 0.6) is 0 Å². The van der Waals surface area contributed by atoms with E-state index in [1.807, 2.05) is 24.7 Å². The van der Waals surface area contributed by atoms with Crippen molar-refractivity contribution in [1.82, 2.24) is 19.7 Å². The van der Waals surface area contributed by atoms with E-state index in [4.69, 9.17) is 0 Å². The summed E-state index contributed by atoms with van der Waals surface area (Å²) >= 11 is 2.53. The number of aromatic nitrogens is 4. The van der Waals surface area contributed by atoms with Gasteiger partial charge in [0.15, 0.2) is 5.16 Å². The van der Waals surface area contributed by atoms with Crippen molar-refractivity contribution in [3.8, 4) is 0 Å². The number of imidazole rings is 1. The van der Waals surface area contributed by atoms with Crippen molar-refractivity contribution in [2.75, 3.05) is 10.0 Å². The first-order chi connectivity index (χ1) is 13.8. The van der Waals surface area contributed by atoms with E-state index in [0.29, 0.717) is 17.1 Å². The molecular weight excluding hydrogens is 432 g/mol. The predicted octanol–water partition coefficient (Wildman–Crippen LogP) is 2.89. The van der Waals surface area contributed by atoms with E-state index in [9.17, 15) is 13.2 Å². The number of hydrogen-bond acceptors (Lipinski definition) is 8. The zero-order valence-electron chi connectivity index (χ0n) is 16.0. The molecule has 29 heavy (non-hydrogen) atoms. The van der Waals surface area contributed by atoms with Gasteiger partial charge in [0.25, 0.3) is 10.0 Å². The molecular formula is C17H20N6O3S3. The Morgan fingerprint density at radius 1 is 1.28 bits per heavy atom. The molecule has 1 unspecified atom stereocenters. The fourth-order valence-electron chi connectivity index (χ4n) is 2.37. The van der Waals surface area contributed by atoms with Gasteiger partial charge in [-0.3, -0.25) is 9.52 Å². The number of nitrogens with zero attached hydrogens (tertiary/aromatic N) is 4. The van der Waals surface area contributed by atoms with Gasteiger partial charge in [0, 0.05) is 25.1 Å². The molecule has 0 saturated heterocycles. The summed E-state index contributed by atoms with van der Waals surface area (Å²) in [6.45, 7) is 3.67. The largest absolute Gasteiger partial charge is 0.329 e. The maximum atomic E-state index is 12.6. The lowest BCUT2D eigenvalue weighted by Gasteiger charge is -2.14. The van der Waals surface area contributed by atoms with Crippen LogP contribution >= 0.6 is 23.1 Å². The number of carbonyl (C=O) groups excluding carboxylic acids is 1. The van der Waals surface area contributed by atoms with E-state index < -0.39 is 10.0 Å². The summed E-state index contributed by atoms with van der Waals surface area (Å²) in [6, 6.07) is 5.96. The van der Waals surface area contributed by atoms with Crippen LogP contribution in [-0.2, 0) is 21.9 Å². The summed E-state index contributed by atoms with van der Waals surface area (Å²) in [7, 11) is -1.90. The van der Waals surface area contributed by atoms with Crippen LogP contribution in [0.15, 0.2) is 46.7 Å². The Kier molecular flexibility index (Phi) is 6.55. The minimum atomic E-state index is -3.78. The third-order valence-electron chi connectivity index (χ3n) is 3.87. The smallest absolute Gasteiger partial charge is 0.263 e. The van der Waals surface area contributed by atoms with Crippen molar-refractivity contribution < 1.29 is 13.2 Å². The number of thioether (sulfide) groups is 1. The number of sulfonamides is 1. The average Bonchev–Trinajstić information content (AvgIpc) is 3.27. The number of nitrogens with one attached hydrogen (secondary N) is 2. The molecule has 1 amide bonds. The lowest BCUT2D eigenvalue weighted by molar-refractivity contribution is -0.115. The highest BCUT2D eigenvalue weighted by molar-refractivity contribution is 8.00. The maximum absolute atomic E-state index is 12.6. The summed E-state index contributed by atoms with van der Waals surface area (Å²) in [5.74, 6) is -0.168. The average molecular weight is 453 g/mol. The molecule has 0 radical (unpaired) electrons. The summed E-state index contributed by atoms with van der Waals surface area (Å²) in [6.07, 6.45) is 4.13.